The normalized spacial score (nSPS) is 15.8. The number of rotatable bonds is 10. The van der Waals surface area contributed by atoms with Crippen LogP contribution >= 0.6 is 11.8 Å². The summed E-state index contributed by atoms with van der Waals surface area (Å²) in [4.78, 5) is 32.7. The Bertz CT molecular complexity index is 2270. The van der Waals surface area contributed by atoms with Gasteiger partial charge in [-0.2, -0.15) is 26.3 Å². The number of thioether (sulfide) groups is 1. The van der Waals surface area contributed by atoms with Gasteiger partial charge in [-0.1, -0.05) is 91.9 Å². The number of hydrogen-bond acceptors (Lipinski definition) is 4. The fraction of sp³-hybridized carbons (Fsp3) is 0.267. The molecule has 0 aromatic heterocycles. The number of fused-ring (bicyclic) bond motifs is 4. The Balaban J connectivity index is 1.10. The number of hydrogen-bond donors (Lipinski definition) is 2. The van der Waals surface area contributed by atoms with E-state index in [0.29, 0.717) is 57.8 Å². The van der Waals surface area contributed by atoms with Gasteiger partial charge in [-0.25, -0.2) is 4.99 Å². The smallest absolute Gasteiger partial charge is 0.346 e. The number of amides is 2. The topological polar surface area (TPSA) is 70.6 Å². The van der Waals surface area contributed by atoms with Crippen LogP contribution in [0.3, 0.4) is 0 Å². The lowest BCUT2D eigenvalue weighted by Gasteiger charge is -2.31. The van der Waals surface area contributed by atoms with Gasteiger partial charge in [0.25, 0.3) is 5.91 Å². The largest absolute Gasteiger partial charge is 0.416 e. The molecule has 12 heteroatoms. The van der Waals surface area contributed by atoms with E-state index in [-0.39, 0.29) is 5.92 Å². The van der Waals surface area contributed by atoms with Crippen molar-refractivity contribution in [2.24, 2.45) is 10.9 Å². The molecule has 2 aliphatic rings. The summed E-state index contributed by atoms with van der Waals surface area (Å²) >= 11 is 1.58. The van der Waals surface area contributed by atoms with Crippen molar-refractivity contribution in [1.82, 2.24) is 5.32 Å². The number of nitrogens with zero attached hydrogens (tertiary/aromatic N) is 1. The molecular formula is C45H39F6N3O2S. The zero-order chi connectivity index (χ0) is 40.4. The summed E-state index contributed by atoms with van der Waals surface area (Å²) < 4.78 is 79.6. The van der Waals surface area contributed by atoms with Crippen molar-refractivity contribution in [3.63, 3.8) is 0 Å². The summed E-state index contributed by atoms with van der Waals surface area (Å²) in [5.41, 5.74) is 4.50. The van der Waals surface area contributed by atoms with Crippen LogP contribution in [0.4, 0.5) is 37.7 Å². The van der Waals surface area contributed by atoms with E-state index in [0.717, 1.165) is 53.1 Å². The minimum Gasteiger partial charge on any atom is -0.346 e. The highest BCUT2D eigenvalue weighted by molar-refractivity contribution is 8.14. The van der Waals surface area contributed by atoms with Crippen molar-refractivity contribution in [2.45, 2.75) is 56.8 Å². The van der Waals surface area contributed by atoms with E-state index >= 15 is 0 Å². The Kier molecular flexibility index (Phi) is 11.4. The molecule has 0 bridgehead atoms. The average molecular weight is 800 g/mol. The standard InChI is InChI=1S/C45H39F6N3O2S/c1-2-28-16-17-30-20-23-32(53-40(55)36-13-4-3-10-33(36)29-18-21-31(22-19-29)45(49,50)51)26-39(30)54-41(28)57-25-9-24-43(42(56)52-27-44(46,47)48)37-14-7-5-11-34(37)35-12-6-8-15-38(35)43/h3-8,10-15,18-23,26,28H,2,9,16-17,24-25,27H2,1H3,(H,52,56)(H,53,55). The molecule has 0 fully saturated rings. The maximum absolute atomic E-state index is 13.9. The van der Waals surface area contributed by atoms with Gasteiger partial charge in [-0.05, 0) is 107 Å². The van der Waals surface area contributed by atoms with Gasteiger partial charge in [0.05, 0.1) is 16.3 Å². The van der Waals surface area contributed by atoms with Gasteiger partial charge in [-0.3, -0.25) is 9.59 Å². The maximum Gasteiger partial charge on any atom is 0.416 e. The Morgan fingerprint density at radius 3 is 2.07 bits per heavy atom. The van der Waals surface area contributed by atoms with Crippen LogP contribution in [-0.4, -0.2) is 35.3 Å². The molecule has 5 aromatic carbocycles. The second-order valence-electron chi connectivity index (χ2n) is 14.3. The molecule has 0 radical (unpaired) electrons. The first-order valence-electron chi connectivity index (χ1n) is 18.8. The average Bonchev–Trinajstić information content (AvgIpc) is 3.36. The molecule has 1 aliphatic heterocycles. The molecule has 1 unspecified atom stereocenters. The van der Waals surface area contributed by atoms with Crippen molar-refractivity contribution in [3.05, 3.63) is 143 Å². The molecule has 2 N–H and O–H groups in total. The van der Waals surface area contributed by atoms with Crippen molar-refractivity contribution in [2.75, 3.05) is 17.6 Å². The first kappa shape index (κ1) is 39.9. The second kappa shape index (κ2) is 16.2. The van der Waals surface area contributed by atoms with Crippen molar-refractivity contribution < 1.29 is 35.9 Å². The zero-order valence-electron chi connectivity index (χ0n) is 30.9. The summed E-state index contributed by atoms with van der Waals surface area (Å²) in [6.07, 6.45) is -5.76. The summed E-state index contributed by atoms with van der Waals surface area (Å²) in [6.45, 7) is 0.679. The maximum atomic E-state index is 13.9. The second-order valence-corrected chi connectivity index (χ2v) is 15.4. The van der Waals surface area contributed by atoms with Gasteiger partial charge in [0, 0.05) is 17.2 Å². The molecule has 2 amide bonds. The van der Waals surface area contributed by atoms with Crippen LogP contribution in [0.25, 0.3) is 22.3 Å². The molecule has 5 aromatic rings. The number of aliphatic imine (C=N–C) groups is 1. The lowest BCUT2D eigenvalue weighted by atomic mass is 9.73. The minimum atomic E-state index is -4.56. The van der Waals surface area contributed by atoms with Gasteiger partial charge < -0.3 is 10.6 Å². The van der Waals surface area contributed by atoms with Crippen LogP contribution in [0.15, 0.2) is 120 Å². The van der Waals surface area contributed by atoms with Crippen LogP contribution in [0.1, 0.15) is 65.2 Å². The van der Waals surface area contributed by atoms with Crippen LogP contribution in [0, 0.1) is 5.92 Å². The third kappa shape index (κ3) is 8.37. The van der Waals surface area contributed by atoms with Crippen LogP contribution in [-0.2, 0) is 22.8 Å². The molecule has 1 heterocycles. The minimum absolute atomic E-state index is 0.160. The number of carbonyl (C=O) groups is 2. The first-order chi connectivity index (χ1) is 27.3. The monoisotopic (exact) mass is 799 g/mol. The van der Waals surface area contributed by atoms with E-state index in [1.54, 1.807) is 36.0 Å². The Morgan fingerprint density at radius 1 is 0.807 bits per heavy atom. The van der Waals surface area contributed by atoms with E-state index in [9.17, 15) is 35.9 Å². The number of nitrogens with one attached hydrogen (secondary N) is 2. The molecule has 0 saturated carbocycles. The number of anilines is 1. The molecule has 1 atom stereocenters. The summed E-state index contributed by atoms with van der Waals surface area (Å²) in [7, 11) is 0. The molecule has 0 saturated heterocycles. The van der Waals surface area contributed by atoms with E-state index in [2.05, 4.69) is 17.6 Å². The Morgan fingerprint density at radius 2 is 1.44 bits per heavy atom. The van der Waals surface area contributed by atoms with Crippen molar-refractivity contribution >= 4 is 40.0 Å². The van der Waals surface area contributed by atoms with Gasteiger partial charge in [-0.15, -0.1) is 11.8 Å². The number of benzene rings is 5. The Labute approximate surface area is 331 Å². The van der Waals surface area contributed by atoms with Crippen LogP contribution in [0.5, 0.6) is 0 Å². The number of aryl methyl sites for hydroxylation is 1. The zero-order valence-corrected chi connectivity index (χ0v) is 31.8. The number of carbonyl (C=O) groups excluding carboxylic acids is 2. The first-order valence-corrected chi connectivity index (χ1v) is 19.7. The van der Waals surface area contributed by atoms with Gasteiger partial charge in [0.1, 0.15) is 12.0 Å². The lowest BCUT2D eigenvalue weighted by molar-refractivity contribution is -0.141. The van der Waals surface area contributed by atoms with Crippen LogP contribution in [0.2, 0.25) is 0 Å². The van der Waals surface area contributed by atoms with Crippen molar-refractivity contribution in [3.8, 4) is 22.3 Å². The summed E-state index contributed by atoms with van der Waals surface area (Å²) in [5.74, 6) is -0.369. The van der Waals surface area contributed by atoms with Crippen LogP contribution < -0.4 is 10.6 Å². The third-order valence-electron chi connectivity index (χ3n) is 10.7. The van der Waals surface area contributed by atoms with E-state index in [1.165, 1.54) is 12.1 Å². The fourth-order valence-electron chi connectivity index (χ4n) is 7.92. The van der Waals surface area contributed by atoms with E-state index < -0.39 is 41.7 Å². The number of alkyl halides is 6. The lowest BCUT2D eigenvalue weighted by Crippen LogP contribution is -2.47. The SMILES string of the molecule is CCC1CCc2ccc(NC(=O)c3ccccc3-c3ccc(C(F)(F)F)cc3)cc2N=C1SCCCC1(C(=O)NCC(F)(F)F)c2ccccc2-c2ccccc21. The molecule has 294 valence electrons. The summed E-state index contributed by atoms with van der Waals surface area (Å²) in [5, 5.41) is 6.06. The van der Waals surface area contributed by atoms with Gasteiger partial charge in [0.2, 0.25) is 5.91 Å². The molecule has 0 spiro atoms. The highest BCUT2D eigenvalue weighted by atomic mass is 32.2. The highest BCUT2D eigenvalue weighted by Gasteiger charge is 2.49. The highest BCUT2D eigenvalue weighted by Crippen LogP contribution is 2.52. The third-order valence-corrected chi connectivity index (χ3v) is 11.9. The number of halogens is 6. The predicted molar refractivity (Wildman–Crippen MR) is 214 cm³/mol. The fourth-order valence-corrected chi connectivity index (χ4v) is 9.10. The molecule has 1 aliphatic carbocycles. The van der Waals surface area contributed by atoms with Crippen molar-refractivity contribution in [1.29, 1.82) is 0 Å². The van der Waals surface area contributed by atoms with E-state index in [1.807, 2.05) is 66.7 Å². The van der Waals surface area contributed by atoms with Gasteiger partial charge >= 0.3 is 12.4 Å². The Hall–Kier alpha value is -5.36. The van der Waals surface area contributed by atoms with E-state index in [4.69, 9.17) is 4.99 Å². The summed E-state index contributed by atoms with van der Waals surface area (Å²) in [6, 6.07) is 31.8. The quantitative estimate of drug-likeness (QED) is 0.109. The molecule has 5 nitrogen and oxygen atoms in total. The molecule has 57 heavy (non-hydrogen) atoms. The predicted octanol–water partition coefficient (Wildman–Crippen LogP) is 11.8. The van der Waals surface area contributed by atoms with Gasteiger partial charge in [0.15, 0.2) is 0 Å². The molecule has 7 rings (SSSR count). The molecular weight excluding hydrogens is 761 g/mol.